The molecule has 0 aliphatic carbocycles. The fraction of sp³-hybridized carbons (Fsp3) is 0.182. The van der Waals surface area contributed by atoms with Gasteiger partial charge in [-0.15, -0.1) is 0 Å². The molecular formula is C22H22BrN5O4S2. The van der Waals surface area contributed by atoms with Gasteiger partial charge in [-0.1, -0.05) is 0 Å². The lowest BCUT2D eigenvalue weighted by molar-refractivity contribution is 0.0977. The second-order valence-corrected chi connectivity index (χ2v) is 10.0. The topological polar surface area (TPSA) is 122 Å². The molecule has 9 nitrogen and oxygen atoms in total. The normalized spacial score (nSPS) is 10.9. The van der Waals surface area contributed by atoms with Gasteiger partial charge in [-0.3, -0.25) is 10.1 Å². The third kappa shape index (κ3) is 6.72. The Hall–Kier alpha value is -3.09. The van der Waals surface area contributed by atoms with E-state index < -0.39 is 15.9 Å². The number of nitrogens with one attached hydrogen (secondary N) is 3. The molecule has 2 aromatic carbocycles. The molecule has 34 heavy (non-hydrogen) atoms. The Kier molecular flexibility index (Phi) is 8.18. The van der Waals surface area contributed by atoms with Gasteiger partial charge in [0.05, 0.1) is 16.0 Å². The van der Waals surface area contributed by atoms with Crippen molar-refractivity contribution >= 4 is 60.8 Å². The highest BCUT2D eigenvalue weighted by atomic mass is 79.9. The van der Waals surface area contributed by atoms with Gasteiger partial charge in [0.15, 0.2) is 5.11 Å². The van der Waals surface area contributed by atoms with Crippen molar-refractivity contribution in [3.63, 3.8) is 0 Å². The number of ether oxygens (including phenoxy) is 1. The second kappa shape index (κ2) is 10.9. The summed E-state index contributed by atoms with van der Waals surface area (Å²) in [7, 11) is -3.88. The number of thiocarbonyl (C=S) groups is 1. The van der Waals surface area contributed by atoms with Crippen LogP contribution in [0.3, 0.4) is 0 Å². The predicted molar refractivity (Wildman–Crippen MR) is 138 cm³/mol. The molecule has 0 aliphatic rings. The largest absolute Gasteiger partial charge is 0.493 e. The molecule has 3 rings (SSSR count). The highest BCUT2D eigenvalue weighted by molar-refractivity contribution is 9.10. The molecule has 178 valence electrons. The molecule has 0 saturated heterocycles. The lowest BCUT2D eigenvalue weighted by Crippen LogP contribution is -2.34. The van der Waals surface area contributed by atoms with E-state index >= 15 is 0 Å². The van der Waals surface area contributed by atoms with Crippen LogP contribution in [0.15, 0.2) is 57.9 Å². The standard InChI is InChI=1S/C22H22BrN5O4S2/c1-4-32-19-10-5-15(12-18(19)23)20(29)27-22(33)26-16-6-8-17(9-7-16)34(30,31)28-21-24-13(2)11-14(3)25-21/h5-12H,4H2,1-3H3,(H,24,25,28)(H2,26,27,29,33). The van der Waals surface area contributed by atoms with E-state index in [-0.39, 0.29) is 16.0 Å². The van der Waals surface area contributed by atoms with E-state index in [1.807, 2.05) is 6.92 Å². The maximum absolute atomic E-state index is 12.6. The molecule has 0 radical (unpaired) electrons. The summed E-state index contributed by atoms with van der Waals surface area (Å²) in [6.07, 6.45) is 0. The molecule has 0 spiro atoms. The Morgan fingerprint density at radius 3 is 2.29 bits per heavy atom. The van der Waals surface area contributed by atoms with Crippen molar-refractivity contribution in [2.75, 3.05) is 16.6 Å². The summed E-state index contributed by atoms with van der Waals surface area (Å²) in [4.78, 5) is 20.7. The molecule has 0 unspecified atom stereocenters. The number of rotatable bonds is 7. The average molecular weight is 564 g/mol. The lowest BCUT2D eigenvalue weighted by atomic mass is 10.2. The SMILES string of the molecule is CCOc1ccc(C(=O)NC(=S)Nc2ccc(S(=O)(=O)Nc3nc(C)cc(C)n3)cc2)cc1Br. The quantitative estimate of drug-likeness (QED) is 0.366. The number of aromatic nitrogens is 2. The molecule has 0 fully saturated rings. The summed E-state index contributed by atoms with van der Waals surface area (Å²) >= 11 is 8.57. The van der Waals surface area contributed by atoms with Crippen LogP contribution in [0, 0.1) is 13.8 Å². The van der Waals surface area contributed by atoms with Gasteiger partial charge in [-0.2, -0.15) is 0 Å². The van der Waals surface area contributed by atoms with Crippen molar-refractivity contribution in [1.82, 2.24) is 15.3 Å². The van der Waals surface area contributed by atoms with E-state index in [1.165, 1.54) is 24.3 Å². The summed E-state index contributed by atoms with van der Waals surface area (Å²) in [6, 6.07) is 12.6. The number of sulfonamides is 1. The van der Waals surface area contributed by atoms with Crippen molar-refractivity contribution in [2.24, 2.45) is 0 Å². The number of aryl methyl sites for hydroxylation is 2. The monoisotopic (exact) mass is 563 g/mol. The van der Waals surface area contributed by atoms with Crippen molar-refractivity contribution in [1.29, 1.82) is 0 Å². The summed E-state index contributed by atoms with van der Waals surface area (Å²) in [6.45, 7) is 5.88. The van der Waals surface area contributed by atoms with Gasteiger partial charge in [0.2, 0.25) is 5.95 Å². The van der Waals surface area contributed by atoms with Gasteiger partial charge in [0.1, 0.15) is 5.75 Å². The van der Waals surface area contributed by atoms with E-state index in [9.17, 15) is 13.2 Å². The van der Waals surface area contributed by atoms with Crippen molar-refractivity contribution < 1.29 is 17.9 Å². The Morgan fingerprint density at radius 1 is 1.06 bits per heavy atom. The van der Waals surface area contributed by atoms with E-state index in [0.29, 0.717) is 39.5 Å². The number of amides is 1. The van der Waals surface area contributed by atoms with Gasteiger partial charge in [0, 0.05) is 22.6 Å². The molecule has 0 saturated carbocycles. The number of halogens is 1. The average Bonchev–Trinajstić information content (AvgIpc) is 2.74. The molecule has 12 heteroatoms. The van der Waals surface area contributed by atoms with Crippen LogP contribution in [0.4, 0.5) is 11.6 Å². The molecule has 0 atom stereocenters. The maximum Gasteiger partial charge on any atom is 0.264 e. The number of anilines is 2. The van der Waals surface area contributed by atoms with Gasteiger partial charge in [-0.25, -0.2) is 23.1 Å². The van der Waals surface area contributed by atoms with Crippen molar-refractivity contribution in [3.05, 3.63) is 70.0 Å². The zero-order chi connectivity index (χ0) is 24.9. The molecule has 1 amide bonds. The Labute approximate surface area is 211 Å². The van der Waals surface area contributed by atoms with Crippen LogP contribution >= 0.6 is 28.1 Å². The minimum absolute atomic E-state index is 0.00418. The maximum atomic E-state index is 12.6. The number of carbonyl (C=O) groups is 1. The number of hydrogen-bond donors (Lipinski definition) is 3. The molecule has 0 aliphatic heterocycles. The first-order valence-electron chi connectivity index (χ1n) is 10.1. The second-order valence-electron chi connectivity index (χ2n) is 7.09. The first-order chi connectivity index (χ1) is 16.1. The van der Waals surface area contributed by atoms with E-state index in [2.05, 4.69) is 41.3 Å². The number of benzene rings is 2. The Balaban J connectivity index is 1.63. The minimum atomic E-state index is -3.88. The van der Waals surface area contributed by atoms with Crippen LogP contribution in [0.25, 0.3) is 0 Å². The summed E-state index contributed by atoms with van der Waals surface area (Å²) in [5, 5.41) is 5.50. The summed E-state index contributed by atoms with van der Waals surface area (Å²) in [5.41, 5.74) is 2.19. The van der Waals surface area contributed by atoms with Crippen LogP contribution in [0.5, 0.6) is 5.75 Å². The Bertz CT molecular complexity index is 1310. The van der Waals surface area contributed by atoms with E-state index in [1.54, 1.807) is 38.1 Å². The first kappa shape index (κ1) is 25.5. The Morgan fingerprint density at radius 2 is 1.71 bits per heavy atom. The van der Waals surface area contributed by atoms with Gasteiger partial charge in [-0.05, 0) is 97.4 Å². The highest BCUT2D eigenvalue weighted by Gasteiger charge is 2.17. The van der Waals surface area contributed by atoms with Gasteiger partial charge < -0.3 is 10.1 Å². The van der Waals surface area contributed by atoms with Crippen LogP contribution < -0.4 is 20.1 Å². The van der Waals surface area contributed by atoms with Gasteiger partial charge in [0.25, 0.3) is 15.9 Å². The van der Waals surface area contributed by atoms with Crippen LogP contribution in [-0.2, 0) is 10.0 Å². The van der Waals surface area contributed by atoms with E-state index in [0.717, 1.165) is 0 Å². The molecule has 0 bridgehead atoms. The van der Waals surface area contributed by atoms with Crippen LogP contribution in [0.1, 0.15) is 28.7 Å². The number of hydrogen-bond acceptors (Lipinski definition) is 7. The van der Waals surface area contributed by atoms with Crippen molar-refractivity contribution in [3.8, 4) is 5.75 Å². The fourth-order valence-electron chi connectivity index (χ4n) is 2.92. The zero-order valence-electron chi connectivity index (χ0n) is 18.5. The van der Waals surface area contributed by atoms with Gasteiger partial charge >= 0.3 is 0 Å². The molecule has 3 N–H and O–H groups in total. The summed E-state index contributed by atoms with van der Waals surface area (Å²) < 4.78 is 33.8. The molecular weight excluding hydrogens is 542 g/mol. The minimum Gasteiger partial charge on any atom is -0.493 e. The van der Waals surface area contributed by atoms with Crippen molar-refractivity contribution in [2.45, 2.75) is 25.7 Å². The molecule has 1 aromatic heterocycles. The fourth-order valence-corrected chi connectivity index (χ4v) is 4.57. The summed E-state index contributed by atoms with van der Waals surface area (Å²) in [5.74, 6) is 0.232. The molecule has 1 heterocycles. The first-order valence-corrected chi connectivity index (χ1v) is 12.8. The zero-order valence-corrected chi connectivity index (χ0v) is 21.8. The highest BCUT2D eigenvalue weighted by Crippen LogP contribution is 2.26. The molecule has 3 aromatic rings. The third-order valence-electron chi connectivity index (χ3n) is 4.35. The predicted octanol–water partition coefficient (Wildman–Crippen LogP) is 4.18. The smallest absolute Gasteiger partial charge is 0.264 e. The number of nitrogens with zero attached hydrogens (tertiary/aromatic N) is 2. The van der Waals surface area contributed by atoms with Crippen LogP contribution in [0.2, 0.25) is 0 Å². The lowest BCUT2D eigenvalue weighted by Gasteiger charge is -2.12. The third-order valence-corrected chi connectivity index (χ3v) is 6.52. The number of carbonyl (C=O) groups excluding carboxylic acids is 1. The van der Waals surface area contributed by atoms with Crippen LogP contribution in [-0.4, -0.2) is 36.0 Å². The van der Waals surface area contributed by atoms with E-state index in [4.69, 9.17) is 17.0 Å².